The Bertz CT molecular complexity index is 506. The van der Waals surface area contributed by atoms with Crippen molar-refractivity contribution in [2.75, 3.05) is 45.8 Å². The zero-order chi connectivity index (χ0) is 13.8. The minimum absolute atomic E-state index is 0.0620. The van der Waals surface area contributed by atoms with E-state index in [1.807, 2.05) is 0 Å². The molecule has 1 saturated heterocycles. The molecule has 1 aliphatic heterocycles. The third kappa shape index (κ3) is 3.14. The highest BCUT2D eigenvalue weighted by molar-refractivity contribution is 7.73. The van der Waals surface area contributed by atoms with Crippen LogP contribution in [-0.2, 0) is 16.0 Å². The van der Waals surface area contributed by atoms with Gasteiger partial charge in [-0.2, -0.15) is 0 Å². The molecule has 0 spiro atoms. The van der Waals surface area contributed by atoms with Crippen molar-refractivity contribution in [3.05, 3.63) is 8.83 Å². The van der Waals surface area contributed by atoms with Crippen molar-refractivity contribution in [1.29, 1.82) is 0 Å². The molecule has 2 N–H and O–H groups in total. The molecule has 1 amide bonds. The van der Waals surface area contributed by atoms with E-state index in [1.54, 1.807) is 16.6 Å². The van der Waals surface area contributed by atoms with Gasteiger partial charge in [0.15, 0.2) is 3.95 Å². The van der Waals surface area contributed by atoms with Crippen molar-refractivity contribution in [3.8, 4) is 0 Å². The van der Waals surface area contributed by atoms with Gasteiger partial charge in [0.05, 0.1) is 19.8 Å². The molecule has 0 atom stereocenters. The first-order chi connectivity index (χ1) is 9.15. The van der Waals surface area contributed by atoms with Crippen LogP contribution < -0.4 is 5.73 Å². The first-order valence-corrected chi connectivity index (χ1v) is 7.22. The van der Waals surface area contributed by atoms with Gasteiger partial charge in [-0.25, -0.2) is 0 Å². The Kier molecular flexibility index (Phi) is 4.92. The van der Waals surface area contributed by atoms with E-state index >= 15 is 0 Å². The summed E-state index contributed by atoms with van der Waals surface area (Å²) >= 11 is 6.50. The number of carbonyl (C=O) groups excluding carboxylic acids is 1. The average Bonchev–Trinajstić information content (AvgIpc) is 2.72. The highest BCUT2D eigenvalue weighted by Gasteiger charge is 2.24. The number of morpholine rings is 1. The van der Waals surface area contributed by atoms with E-state index in [-0.39, 0.29) is 5.91 Å². The third-order valence-electron chi connectivity index (χ3n) is 2.94. The summed E-state index contributed by atoms with van der Waals surface area (Å²) in [5.41, 5.74) is 6.02. The highest BCUT2D eigenvalue weighted by Crippen LogP contribution is 2.24. The summed E-state index contributed by atoms with van der Waals surface area (Å²) in [6, 6.07) is 0. The maximum absolute atomic E-state index is 12.4. The fourth-order valence-corrected chi connectivity index (χ4v) is 3.22. The van der Waals surface area contributed by atoms with Crippen LogP contribution in [0, 0.1) is 3.95 Å². The summed E-state index contributed by atoms with van der Waals surface area (Å²) in [6.07, 6.45) is 0. The second kappa shape index (κ2) is 6.47. The molecule has 8 heteroatoms. The normalized spacial score (nSPS) is 15.7. The lowest BCUT2D eigenvalue weighted by molar-refractivity contribution is 0.0306. The molecule has 0 aliphatic carbocycles. The summed E-state index contributed by atoms with van der Waals surface area (Å²) in [4.78, 5) is 14.6. The number of nitrogens with zero attached hydrogens (tertiary/aromatic N) is 2. The Morgan fingerprint density at radius 1 is 1.53 bits per heavy atom. The summed E-state index contributed by atoms with van der Waals surface area (Å²) in [5, 5.41) is 0. The Morgan fingerprint density at radius 2 is 2.21 bits per heavy atom. The van der Waals surface area contributed by atoms with Crippen LogP contribution in [0.3, 0.4) is 0 Å². The molecule has 1 fully saturated rings. The molecule has 6 nitrogen and oxygen atoms in total. The lowest BCUT2D eigenvalue weighted by Crippen LogP contribution is -2.40. The third-order valence-corrected chi connectivity index (χ3v) is 4.40. The van der Waals surface area contributed by atoms with E-state index in [0.717, 1.165) is 0 Å². The minimum Gasteiger partial charge on any atom is -0.384 e. The number of ether oxygens (including phenoxy) is 2. The number of hydrogen-bond donors (Lipinski definition) is 1. The van der Waals surface area contributed by atoms with Crippen molar-refractivity contribution in [2.24, 2.45) is 0 Å². The van der Waals surface area contributed by atoms with Crippen molar-refractivity contribution in [2.45, 2.75) is 6.54 Å². The van der Waals surface area contributed by atoms with Gasteiger partial charge < -0.3 is 24.7 Å². The summed E-state index contributed by atoms with van der Waals surface area (Å²) in [6.45, 7) is 3.42. The fourth-order valence-electron chi connectivity index (χ4n) is 1.87. The number of carbonyl (C=O) groups is 1. The van der Waals surface area contributed by atoms with Gasteiger partial charge in [0.25, 0.3) is 5.91 Å². The number of methoxy groups -OCH3 is 1. The number of amides is 1. The second-order valence-corrected chi connectivity index (χ2v) is 5.78. The van der Waals surface area contributed by atoms with Gasteiger partial charge in [-0.3, -0.25) is 4.79 Å². The van der Waals surface area contributed by atoms with Crippen LogP contribution in [0.2, 0.25) is 0 Å². The maximum Gasteiger partial charge on any atom is 0.267 e. The van der Waals surface area contributed by atoms with E-state index in [1.165, 1.54) is 11.3 Å². The molecule has 0 saturated carbocycles. The molecular formula is C11H17N3O3S2. The standard InChI is InChI=1S/C11H17N3O3S2/c1-16-5-4-14-9(12)8(19-11(14)18)10(15)13-2-6-17-7-3-13/h2-7,12H2,1H3. The molecule has 2 heterocycles. The van der Waals surface area contributed by atoms with E-state index in [9.17, 15) is 4.79 Å². The number of thiazole rings is 1. The van der Waals surface area contributed by atoms with Crippen LogP contribution in [-0.4, -0.2) is 55.4 Å². The molecule has 1 aliphatic rings. The largest absolute Gasteiger partial charge is 0.384 e. The van der Waals surface area contributed by atoms with Crippen LogP contribution in [0.25, 0.3) is 0 Å². The number of nitrogen functional groups attached to an aromatic ring is 1. The quantitative estimate of drug-likeness (QED) is 0.840. The molecule has 0 unspecified atom stereocenters. The topological polar surface area (TPSA) is 69.7 Å². The summed E-state index contributed by atoms with van der Waals surface area (Å²) in [7, 11) is 1.62. The van der Waals surface area contributed by atoms with Crippen molar-refractivity contribution in [1.82, 2.24) is 9.47 Å². The molecule has 19 heavy (non-hydrogen) atoms. The molecule has 0 aromatic carbocycles. The smallest absolute Gasteiger partial charge is 0.267 e. The number of nitrogens with two attached hydrogens (primary N) is 1. The van der Waals surface area contributed by atoms with E-state index < -0.39 is 0 Å². The van der Waals surface area contributed by atoms with E-state index in [0.29, 0.717) is 54.1 Å². The first-order valence-electron chi connectivity index (χ1n) is 6.00. The molecule has 1 aromatic rings. The zero-order valence-corrected chi connectivity index (χ0v) is 12.4. The van der Waals surface area contributed by atoms with Gasteiger partial charge in [0.1, 0.15) is 10.7 Å². The molecule has 0 bridgehead atoms. The van der Waals surface area contributed by atoms with Gasteiger partial charge in [-0.1, -0.05) is 11.3 Å². The maximum atomic E-state index is 12.4. The lowest BCUT2D eigenvalue weighted by atomic mass is 10.3. The Hall–Kier alpha value is -0.960. The van der Waals surface area contributed by atoms with Gasteiger partial charge in [0.2, 0.25) is 0 Å². The molecule has 0 radical (unpaired) electrons. The van der Waals surface area contributed by atoms with Crippen LogP contribution in [0.15, 0.2) is 0 Å². The van der Waals surface area contributed by atoms with Gasteiger partial charge in [-0.05, 0) is 12.2 Å². The minimum atomic E-state index is -0.0620. The van der Waals surface area contributed by atoms with Gasteiger partial charge in [-0.15, -0.1) is 0 Å². The van der Waals surface area contributed by atoms with Crippen molar-refractivity contribution < 1.29 is 14.3 Å². The van der Waals surface area contributed by atoms with Crippen LogP contribution in [0.1, 0.15) is 9.67 Å². The van der Waals surface area contributed by atoms with E-state index in [2.05, 4.69) is 0 Å². The van der Waals surface area contributed by atoms with E-state index in [4.69, 9.17) is 27.4 Å². The van der Waals surface area contributed by atoms with Crippen LogP contribution in [0.4, 0.5) is 5.82 Å². The SMILES string of the molecule is COCCn1c(N)c(C(=O)N2CCOCC2)sc1=S. The van der Waals surface area contributed by atoms with Crippen molar-refractivity contribution >= 4 is 35.3 Å². The molecule has 1 aromatic heterocycles. The molecule has 2 rings (SSSR count). The predicted octanol–water partition coefficient (Wildman–Crippen LogP) is 0.980. The Morgan fingerprint density at radius 3 is 2.84 bits per heavy atom. The van der Waals surface area contributed by atoms with Crippen molar-refractivity contribution in [3.63, 3.8) is 0 Å². The van der Waals surface area contributed by atoms with Crippen LogP contribution in [0.5, 0.6) is 0 Å². The number of hydrogen-bond acceptors (Lipinski definition) is 6. The highest BCUT2D eigenvalue weighted by atomic mass is 32.1. The Labute approximate surface area is 120 Å². The number of aromatic nitrogens is 1. The van der Waals surface area contributed by atoms with Crippen LogP contribution >= 0.6 is 23.6 Å². The fraction of sp³-hybridized carbons (Fsp3) is 0.636. The summed E-state index contributed by atoms with van der Waals surface area (Å²) < 4.78 is 12.6. The first kappa shape index (κ1) is 14.4. The molecule has 106 valence electrons. The van der Waals surface area contributed by atoms with Gasteiger partial charge >= 0.3 is 0 Å². The lowest BCUT2D eigenvalue weighted by Gasteiger charge is -2.26. The second-order valence-electron chi connectivity index (χ2n) is 4.13. The molecular weight excluding hydrogens is 286 g/mol. The number of anilines is 1. The zero-order valence-electron chi connectivity index (χ0n) is 10.8. The Balaban J connectivity index is 2.20. The summed E-state index contributed by atoms with van der Waals surface area (Å²) in [5.74, 6) is 0.372. The number of rotatable bonds is 4. The predicted molar refractivity (Wildman–Crippen MR) is 76.2 cm³/mol. The monoisotopic (exact) mass is 303 g/mol. The van der Waals surface area contributed by atoms with Gasteiger partial charge in [0, 0.05) is 26.7 Å². The average molecular weight is 303 g/mol.